The predicted octanol–water partition coefficient (Wildman–Crippen LogP) is 1.45. The molecule has 3 heterocycles. The molecule has 7 nitrogen and oxygen atoms in total. The maximum absolute atomic E-state index is 13.0. The van der Waals surface area contributed by atoms with Crippen molar-refractivity contribution in [1.82, 2.24) is 24.5 Å². The van der Waals surface area contributed by atoms with Crippen LogP contribution in [-0.2, 0) is 11.0 Å². The Hall–Kier alpha value is -2.39. The van der Waals surface area contributed by atoms with Crippen molar-refractivity contribution in [2.24, 2.45) is 5.92 Å². The van der Waals surface area contributed by atoms with Crippen molar-refractivity contribution in [2.75, 3.05) is 32.1 Å². The van der Waals surface area contributed by atoms with Gasteiger partial charge in [-0.1, -0.05) is 0 Å². The van der Waals surface area contributed by atoms with Gasteiger partial charge in [-0.25, -0.2) is 4.98 Å². The normalized spacial score (nSPS) is 16.6. The van der Waals surface area contributed by atoms with E-state index in [0.717, 1.165) is 6.07 Å². The van der Waals surface area contributed by atoms with E-state index >= 15 is 0 Å². The minimum absolute atomic E-state index is 0.0475. The first-order valence-corrected chi connectivity index (χ1v) is 7.51. The second-order valence-corrected chi connectivity index (χ2v) is 5.96. The highest BCUT2D eigenvalue weighted by molar-refractivity contribution is 5.78. The van der Waals surface area contributed by atoms with Gasteiger partial charge in [0.2, 0.25) is 5.91 Å². The Bertz CT molecular complexity index is 749. The second-order valence-electron chi connectivity index (χ2n) is 5.96. The van der Waals surface area contributed by atoms with E-state index in [2.05, 4.69) is 15.1 Å². The molecule has 2 aromatic rings. The molecule has 130 valence electrons. The van der Waals surface area contributed by atoms with Gasteiger partial charge in [-0.3, -0.25) is 4.79 Å². The van der Waals surface area contributed by atoms with Crippen molar-refractivity contribution in [3.63, 3.8) is 0 Å². The fraction of sp³-hybridized carbons (Fsp3) is 0.571. The van der Waals surface area contributed by atoms with E-state index in [0.29, 0.717) is 31.7 Å². The van der Waals surface area contributed by atoms with Gasteiger partial charge in [0.05, 0.1) is 0 Å². The van der Waals surface area contributed by atoms with Crippen LogP contribution in [0.3, 0.4) is 0 Å². The van der Waals surface area contributed by atoms with E-state index in [1.54, 1.807) is 23.9 Å². The number of carbonyl (C=O) groups excluding carboxylic acids is 1. The SMILES string of the molecule is CN(C)C(=O)C1CCN(c2cc(C(F)(F)F)nc3ncnn23)CC1. The molecule has 2 aromatic heterocycles. The number of aromatic nitrogens is 4. The van der Waals surface area contributed by atoms with Crippen LogP contribution < -0.4 is 4.90 Å². The number of nitrogens with zero attached hydrogens (tertiary/aromatic N) is 6. The molecule has 0 spiro atoms. The fourth-order valence-corrected chi connectivity index (χ4v) is 2.89. The van der Waals surface area contributed by atoms with Crippen LogP contribution >= 0.6 is 0 Å². The number of hydrogen-bond acceptors (Lipinski definition) is 5. The molecule has 24 heavy (non-hydrogen) atoms. The van der Waals surface area contributed by atoms with Gasteiger partial charge >= 0.3 is 6.18 Å². The van der Waals surface area contributed by atoms with Crippen LogP contribution in [0.2, 0.25) is 0 Å². The molecule has 0 aromatic carbocycles. The van der Waals surface area contributed by atoms with Crippen molar-refractivity contribution in [1.29, 1.82) is 0 Å². The largest absolute Gasteiger partial charge is 0.433 e. The molecule has 0 aliphatic carbocycles. The van der Waals surface area contributed by atoms with Crippen LogP contribution in [0.4, 0.5) is 19.0 Å². The molecule has 1 saturated heterocycles. The van der Waals surface area contributed by atoms with Crippen LogP contribution in [0.25, 0.3) is 5.78 Å². The van der Waals surface area contributed by atoms with E-state index < -0.39 is 11.9 Å². The third-order valence-electron chi connectivity index (χ3n) is 4.13. The Labute approximate surface area is 136 Å². The quantitative estimate of drug-likeness (QED) is 0.826. The molecule has 0 unspecified atom stereocenters. The van der Waals surface area contributed by atoms with Gasteiger partial charge in [0.25, 0.3) is 5.78 Å². The highest BCUT2D eigenvalue weighted by atomic mass is 19.4. The molecule has 0 saturated carbocycles. The number of carbonyl (C=O) groups is 1. The Morgan fingerprint density at radius 3 is 2.54 bits per heavy atom. The number of alkyl halides is 3. The van der Waals surface area contributed by atoms with Crippen LogP contribution in [0, 0.1) is 5.92 Å². The summed E-state index contributed by atoms with van der Waals surface area (Å²) in [6.07, 6.45) is -2.22. The lowest BCUT2D eigenvalue weighted by Gasteiger charge is -2.33. The molecule has 1 fully saturated rings. The minimum Gasteiger partial charge on any atom is -0.356 e. The van der Waals surface area contributed by atoms with Gasteiger partial charge in [-0.05, 0) is 12.8 Å². The van der Waals surface area contributed by atoms with E-state index in [1.165, 1.54) is 10.8 Å². The molecule has 10 heteroatoms. The maximum atomic E-state index is 13.0. The van der Waals surface area contributed by atoms with Crippen molar-refractivity contribution in [3.8, 4) is 0 Å². The number of piperidine rings is 1. The molecule has 3 rings (SSSR count). The van der Waals surface area contributed by atoms with Gasteiger partial charge in [-0.15, -0.1) is 0 Å². The third kappa shape index (κ3) is 3.00. The van der Waals surface area contributed by atoms with Gasteiger partial charge in [0.1, 0.15) is 12.1 Å². The lowest BCUT2D eigenvalue weighted by Crippen LogP contribution is -2.41. The molecular weight excluding hydrogens is 325 g/mol. The Balaban J connectivity index is 1.88. The monoisotopic (exact) mass is 342 g/mol. The third-order valence-corrected chi connectivity index (χ3v) is 4.13. The smallest absolute Gasteiger partial charge is 0.356 e. The topological polar surface area (TPSA) is 66.6 Å². The Morgan fingerprint density at radius 1 is 1.29 bits per heavy atom. The van der Waals surface area contributed by atoms with E-state index in [9.17, 15) is 18.0 Å². The summed E-state index contributed by atoms with van der Waals surface area (Å²) in [6.45, 7) is 0.945. The zero-order valence-corrected chi connectivity index (χ0v) is 13.3. The second kappa shape index (κ2) is 5.91. The minimum atomic E-state index is -4.55. The van der Waals surface area contributed by atoms with Crippen molar-refractivity contribution < 1.29 is 18.0 Å². The molecule has 1 aliphatic rings. The number of halogens is 3. The summed E-state index contributed by atoms with van der Waals surface area (Å²) >= 11 is 0. The van der Waals surface area contributed by atoms with Gasteiger partial charge < -0.3 is 9.80 Å². The van der Waals surface area contributed by atoms with E-state index in [4.69, 9.17) is 0 Å². The van der Waals surface area contributed by atoms with Crippen LogP contribution in [0.15, 0.2) is 12.4 Å². The summed E-state index contributed by atoms with van der Waals surface area (Å²) in [5.41, 5.74) is -0.996. The number of rotatable bonds is 2. The predicted molar refractivity (Wildman–Crippen MR) is 79.4 cm³/mol. The lowest BCUT2D eigenvalue weighted by molar-refractivity contribution is -0.141. The van der Waals surface area contributed by atoms with E-state index in [-0.39, 0.29) is 17.6 Å². The van der Waals surface area contributed by atoms with Crippen molar-refractivity contribution in [2.45, 2.75) is 19.0 Å². The van der Waals surface area contributed by atoms with Gasteiger partial charge in [0, 0.05) is 39.2 Å². The molecular formula is C14H17F3N6O. The zero-order chi connectivity index (χ0) is 17.5. The first kappa shape index (κ1) is 16.5. The fourth-order valence-electron chi connectivity index (χ4n) is 2.89. The first-order valence-electron chi connectivity index (χ1n) is 7.51. The highest BCUT2D eigenvalue weighted by Crippen LogP contribution is 2.32. The summed E-state index contributed by atoms with van der Waals surface area (Å²) in [5, 5.41) is 3.96. The molecule has 0 radical (unpaired) electrons. The van der Waals surface area contributed by atoms with E-state index in [1.807, 2.05) is 0 Å². The molecule has 1 aliphatic heterocycles. The number of fused-ring (bicyclic) bond motifs is 1. The number of anilines is 1. The molecule has 1 amide bonds. The van der Waals surface area contributed by atoms with Gasteiger partial charge in [0.15, 0.2) is 5.69 Å². The van der Waals surface area contributed by atoms with Crippen LogP contribution in [-0.4, -0.2) is 57.6 Å². The maximum Gasteiger partial charge on any atom is 0.433 e. The Morgan fingerprint density at radius 2 is 1.96 bits per heavy atom. The summed E-state index contributed by atoms with van der Waals surface area (Å²) < 4.78 is 40.4. The summed E-state index contributed by atoms with van der Waals surface area (Å²) in [6, 6.07) is 0.982. The highest BCUT2D eigenvalue weighted by Gasteiger charge is 2.35. The standard InChI is InChI=1S/C14H17F3N6O/c1-21(2)12(24)9-3-5-22(6-4-9)11-7-10(14(15,16)17)20-13-18-8-19-23(11)13/h7-9H,3-6H2,1-2H3. The average Bonchev–Trinajstić information content (AvgIpc) is 3.01. The average molecular weight is 342 g/mol. The molecule has 0 atom stereocenters. The molecule has 0 N–H and O–H groups in total. The Kier molecular flexibility index (Phi) is 4.06. The number of hydrogen-bond donors (Lipinski definition) is 0. The van der Waals surface area contributed by atoms with Crippen LogP contribution in [0.1, 0.15) is 18.5 Å². The van der Waals surface area contributed by atoms with Gasteiger partial charge in [-0.2, -0.15) is 27.8 Å². The summed E-state index contributed by atoms with van der Waals surface area (Å²) in [7, 11) is 3.40. The van der Waals surface area contributed by atoms with Crippen molar-refractivity contribution >= 4 is 17.5 Å². The number of amides is 1. The summed E-state index contributed by atoms with van der Waals surface area (Å²) in [5.74, 6) is 0.143. The summed E-state index contributed by atoms with van der Waals surface area (Å²) in [4.78, 5) is 22.6. The zero-order valence-electron chi connectivity index (χ0n) is 13.3. The lowest BCUT2D eigenvalue weighted by atomic mass is 9.95. The first-order chi connectivity index (χ1) is 11.3. The molecule has 0 bridgehead atoms. The van der Waals surface area contributed by atoms with Crippen LogP contribution in [0.5, 0.6) is 0 Å². The van der Waals surface area contributed by atoms with Crippen molar-refractivity contribution in [3.05, 3.63) is 18.1 Å².